The van der Waals surface area contributed by atoms with Crippen LogP contribution in [0.3, 0.4) is 0 Å². The van der Waals surface area contributed by atoms with Gasteiger partial charge < -0.3 is 19.5 Å². The van der Waals surface area contributed by atoms with Gasteiger partial charge in [0.2, 0.25) is 5.75 Å². The molecule has 0 saturated heterocycles. The summed E-state index contributed by atoms with van der Waals surface area (Å²) in [7, 11) is 1.64. The number of ether oxygens (including phenoxy) is 3. The highest BCUT2D eigenvalue weighted by atomic mass is 32.1. The fourth-order valence-corrected chi connectivity index (χ4v) is 3.01. The first-order valence-corrected chi connectivity index (χ1v) is 7.66. The van der Waals surface area contributed by atoms with Crippen LogP contribution in [0, 0.1) is 6.92 Å². The summed E-state index contributed by atoms with van der Waals surface area (Å²) in [5.41, 5.74) is 1.11. The number of aryl methyl sites for hydroxylation is 1. The maximum Gasteiger partial charge on any atom is 0.203 e. The van der Waals surface area contributed by atoms with E-state index in [2.05, 4.69) is 10.3 Å². The first-order chi connectivity index (χ1) is 10.3. The van der Waals surface area contributed by atoms with Gasteiger partial charge in [0.25, 0.3) is 0 Å². The summed E-state index contributed by atoms with van der Waals surface area (Å²) < 4.78 is 16.6. The third-order valence-electron chi connectivity index (χ3n) is 3.19. The molecule has 0 amide bonds. The molecular formula is C15H18N2O3S. The molecule has 0 atom stereocenters. The molecule has 0 radical (unpaired) electrons. The second-order valence-corrected chi connectivity index (χ2v) is 6.09. The molecule has 1 aromatic heterocycles. The molecule has 0 saturated carbocycles. The van der Waals surface area contributed by atoms with Crippen molar-refractivity contribution in [1.82, 2.24) is 10.3 Å². The highest BCUT2D eigenvalue weighted by molar-refractivity contribution is 7.11. The van der Waals surface area contributed by atoms with Crippen LogP contribution < -0.4 is 19.5 Å². The molecule has 1 aliphatic heterocycles. The summed E-state index contributed by atoms with van der Waals surface area (Å²) in [6.07, 6.45) is 1.91. The minimum atomic E-state index is 0.561. The lowest BCUT2D eigenvalue weighted by molar-refractivity contribution is 0.165. The fraction of sp³-hybridized carbons (Fsp3) is 0.400. The monoisotopic (exact) mass is 306 g/mol. The molecule has 3 rings (SSSR count). The van der Waals surface area contributed by atoms with Crippen molar-refractivity contribution in [3.63, 3.8) is 0 Å². The number of hydrogen-bond acceptors (Lipinski definition) is 6. The minimum absolute atomic E-state index is 0.561. The standard InChI is InChI=1S/C15H18N2O3S/c1-10-17-9-12(21-10)8-16-7-11-5-13(18-2)15-14(6-11)19-3-4-20-15/h5-6,9,16H,3-4,7-8H2,1-2H3. The predicted molar refractivity (Wildman–Crippen MR) is 81.4 cm³/mol. The van der Waals surface area contributed by atoms with Crippen LogP contribution in [0.25, 0.3) is 0 Å². The number of nitrogens with zero attached hydrogens (tertiary/aromatic N) is 1. The van der Waals surface area contributed by atoms with Crippen LogP contribution >= 0.6 is 11.3 Å². The van der Waals surface area contributed by atoms with Crippen molar-refractivity contribution >= 4 is 11.3 Å². The van der Waals surface area contributed by atoms with Gasteiger partial charge in [0.1, 0.15) is 13.2 Å². The Kier molecular flexibility index (Phi) is 4.26. The molecule has 6 heteroatoms. The lowest BCUT2D eigenvalue weighted by Gasteiger charge is -2.21. The lowest BCUT2D eigenvalue weighted by Crippen LogP contribution is -2.17. The van der Waals surface area contributed by atoms with Crippen molar-refractivity contribution in [2.24, 2.45) is 0 Å². The van der Waals surface area contributed by atoms with Crippen molar-refractivity contribution in [1.29, 1.82) is 0 Å². The van der Waals surface area contributed by atoms with E-state index < -0.39 is 0 Å². The van der Waals surface area contributed by atoms with Crippen molar-refractivity contribution in [3.05, 3.63) is 33.8 Å². The number of methoxy groups -OCH3 is 1. The summed E-state index contributed by atoms with van der Waals surface area (Å²) in [6.45, 7) is 4.70. The Morgan fingerprint density at radius 2 is 2.14 bits per heavy atom. The van der Waals surface area contributed by atoms with E-state index in [9.17, 15) is 0 Å². The summed E-state index contributed by atoms with van der Waals surface area (Å²) in [6, 6.07) is 3.99. The minimum Gasteiger partial charge on any atom is -0.493 e. The van der Waals surface area contributed by atoms with E-state index in [1.54, 1.807) is 18.4 Å². The zero-order chi connectivity index (χ0) is 14.7. The zero-order valence-electron chi connectivity index (χ0n) is 12.1. The molecule has 21 heavy (non-hydrogen) atoms. The van der Waals surface area contributed by atoms with Crippen molar-refractivity contribution in [2.45, 2.75) is 20.0 Å². The molecule has 1 N–H and O–H groups in total. The smallest absolute Gasteiger partial charge is 0.203 e. The zero-order valence-corrected chi connectivity index (χ0v) is 13.0. The molecule has 0 spiro atoms. The molecule has 0 aliphatic carbocycles. The number of aromatic nitrogens is 1. The van der Waals surface area contributed by atoms with Crippen LogP contribution in [0.15, 0.2) is 18.3 Å². The average molecular weight is 306 g/mol. The molecule has 1 aromatic carbocycles. The lowest BCUT2D eigenvalue weighted by atomic mass is 10.1. The Labute approximate surface area is 127 Å². The van der Waals surface area contributed by atoms with Crippen LogP contribution in [0.5, 0.6) is 17.2 Å². The third-order valence-corrected chi connectivity index (χ3v) is 4.10. The molecular weight excluding hydrogens is 288 g/mol. The Morgan fingerprint density at radius 1 is 1.29 bits per heavy atom. The maximum atomic E-state index is 5.63. The summed E-state index contributed by atoms with van der Waals surface area (Å²) in [5, 5.41) is 4.50. The van der Waals surface area contributed by atoms with E-state index in [0.717, 1.165) is 35.2 Å². The second kappa shape index (κ2) is 6.32. The van der Waals surface area contributed by atoms with Gasteiger partial charge >= 0.3 is 0 Å². The predicted octanol–water partition coefficient (Wildman–Crippen LogP) is 2.52. The Balaban J connectivity index is 1.67. The summed E-state index contributed by atoms with van der Waals surface area (Å²) in [4.78, 5) is 5.48. The van der Waals surface area contributed by atoms with Gasteiger partial charge in [0.05, 0.1) is 12.1 Å². The fourth-order valence-electron chi connectivity index (χ4n) is 2.25. The summed E-state index contributed by atoms with van der Waals surface area (Å²) in [5.74, 6) is 2.18. The van der Waals surface area contributed by atoms with Crippen molar-refractivity contribution < 1.29 is 14.2 Å². The van der Waals surface area contributed by atoms with E-state index in [1.165, 1.54) is 4.88 Å². The molecule has 2 heterocycles. The number of thiazole rings is 1. The maximum absolute atomic E-state index is 5.63. The number of fused-ring (bicyclic) bond motifs is 1. The van der Waals surface area contributed by atoms with E-state index in [-0.39, 0.29) is 0 Å². The Hall–Kier alpha value is -1.79. The van der Waals surface area contributed by atoms with Gasteiger partial charge in [-0.3, -0.25) is 0 Å². The van der Waals surface area contributed by atoms with Gasteiger partial charge in [0, 0.05) is 24.2 Å². The van der Waals surface area contributed by atoms with Gasteiger partial charge in [-0.1, -0.05) is 0 Å². The van der Waals surface area contributed by atoms with Crippen molar-refractivity contribution in [2.75, 3.05) is 20.3 Å². The Bertz CT molecular complexity index is 610. The van der Waals surface area contributed by atoms with E-state index in [0.29, 0.717) is 19.0 Å². The van der Waals surface area contributed by atoms with Crippen LogP contribution in [-0.4, -0.2) is 25.3 Å². The van der Waals surface area contributed by atoms with Crippen LogP contribution in [0.2, 0.25) is 0 Å². The number of rotatable bonds is 5. The SMILES string of the molecule is COc1cc(CNCc2cnc(C)s2)cc2c1OCCO2. The van der Waals surface area contributed by atoms with E-state index in [4.69, 9.17) is 14.2 Å². The highest BCUT2D eigenvalue weighted by Crippen LogP contribution is 2.40. The first kappa shape index (κ1) is 14.2. The molecule has 0 unspecified atom stereocenters. The van der Waals surface area contributed by atoms with Crippen LogP contribution in [0.1, 0.15) is 15.4 Å². The van der Waals surface area contributed by atoms with Gasteiger partial charge in [-0.25, -0.2) is 4.98 Å². The van der Waals surface area contributed by atoms with Gasteiger partial charge in [-0.05, 0) is 24.6 Å². The second-order valence-electron chi connectivity index (χ2n) is 4.77. The summed E-state index contributed by atoms with van der Waals surface area (Å²) >= 11 is 1.71. The molecule has 2 aromatic rings. The Morgan fingerprint density at radius 3 is 2.90 bits per heavy atom. The van der Waals surface area contributed by atoms with Crippen molar-refractivity contribution in [3.8, 4) is 17.2 Å². The third kappa shape index (κ3) is 3.28. The number of nitrogens with one attached hydrogen (secondary N) is 1. The largest absolute Gasteiger partial charge is 0.493 e. The molecule has 0 bridgehead atoms. The van der Waals surface area contributed by atoms with Gasteiger partial charge in [-0.2, -0.15) is 0 Å². The highest BCUT2D eigenvalue weighted by Gasteiger charge is 2.18. The molecule has 5 nitrogen and oxygen atoms in total. The van der Waals surface area contributed by atoms with Crippen LogP contribution in [0.4, 0.5) is 0 Å². The van der Waals surface area contributed by atoms with Gasteiger partial charge in [0.15, 0.2) is 11.5 Å². The topological polar surface area (TPSA) is 52.6 Å². The first-order valence-electron chi connectivity index (χ1n) is 6.85. The molecule has 112 valence electrons. The number of benzene rings is 1. The van der Waals surface area contributed by atoms with E-state index >= 15 is 0 Å². The van der Waals surface area contributed by atoms with Crippen LogP contribution in [-0.2, 0) is 13.1 Å². The van der Waals surface area contributed by atoms with Gasteiger partial charge in [-0.15, -0.1) is 11.3 Å². The van der Waals surface area contributed by atoms with E-state index in [1.807, 2.05) is 25.3 Å². The molecule has 1 aliphatic rings. The normalized spacial score (nSPS) is 13.2. The number of hydrogen-bond donors (Lipinski definition) is 1. The quantitative estimate of drug-likeness (QED) is 0.920. The molecule has 0 fully saturated rings. The average Bonchev–Trinajstić information content (AvgIpc) is 2.92.